The van der Waals surface area contributed by atoms with Gasteiger partial charge in [0, 0.05) is 5.75 Å². The Kier molecular flexibility index (Phi) is 4.32. The Bertz CT molecular complexity index is 312. The van der Waals surface area contributed by atoms with Crippen molar-refractivity contribution in [1.82, 2.24) is 0 Å². The first-order chi connectivity index (χ1) is 6.79. The summed E-state index contributed by atoms with van der Waals surface area (Å²) in [5, 5.41) is 0. The molecule has 1 rings (SSSR count). The van der Waals surface area contributed by atoms with E-state index >= 15 is 0 Å². The Morgan fingerprint density at radius 1 is 1.43 bits per heavy atom. The van der Waals surface area contributed by atoms with Gasteiger partial charge >= 0.3 is 5.97 Å². The van der Waals surface area contributed by atoms with Crippen LogP contribution in [0.1, 0.15) is 17.3 Å². The molecule has 76 valence electrons. The maximum atomic E-state index is 11.5. The number of hydrogen-bond donors (Lipinski definition) is 0. The molecule has 0 atom stereocenters. The molecule has 0 saturated heterocycles. The Morgan fingerprint density at radius 2 is 2.14 bits per heavy atom. The molecule has 0 aliphatic heterocycles. The van der Waals surface area contributed by atoms with Gasteiger partial charge < -0.3 is 8.92 Å². The Balaban J connectivity index is 2.78. The van der Waals surface area contributed by atoms with Gasteiger partial charge in [-0.05, 0) is 12.1 Å². The van der Waals surface area contributed by atoms with E-state index in [9.17, 15) is 4.79 Å². The summed E-state index contributed by atoms with van der Waals surface area (Å²) in [7, 11) is 1.53. The number of carbonyl (C=O) groups excluding carboxylic acids is 1. The van der Waals surface area contributed by atoms with Crippen molar-refractivity contribution in [2.45, 2.75) is 6.92 Å². The predicted molar refractivity (Wildman–Crippen MR) is 56.5 cm³/mol. The molecule has 4 heteroatoms. The molecule has 3 nitrogen and oxygen atoms in total. The third-order valence-electron chi connectivity index (χ3n) is 1.58. The minimum atomic E-state index is -0.366. The van der Waals surface area contributed by atoms with Crippen LogP contribution >= 0.6 is 12.0 Å². The van der Waals surface area contributed by atoms with Crippen molar-refractivity contribution in [3.05, 3.63) is 29.8 Å². The molecule has 0 bridgehead atoms. The number of para-hydroxylation sites is 1. The summed E-state index contributed by atoms with van der Waals surface area (Å²) in [5.74, 6) is 0.907. The van der Waals surface area contributed by atoms with E-state index in [0.717, 1.165) is 17.8 Å². The first kappa shape index (κ1) is 10.9. The second kappa shape index (κ2) is 5.54. The first-order valence-electron chi connectivity index (χ1n) is 4.26. The topological polar surface area (TPSA) is 35.5 Å². The zero-order valence-corrected chi connectivity index (χ0v) is 8.97. The summed E-state index contributed by atoms with van der Waals surface area (Å²) in [6.07, 6.45) is 0. The van der Waals surface area contributed by atoms with Crippen LogP contribution in [0.4, 0.5) is 0 Å². The lowest BCUT2D eigenvalue weighted by molar-refractivity contribution is 0.0765. The average Bonchev–Trinajstić information content (AvgIpc) is 2.25. The number of methoxy groups -OCH3 is 1. The summed E-state index contributed by atoms with van der Waals surface area (Å²) in [5.41, 5.74) is 0.455. The molecule has 0 aromatic heterocycles. The highest BCUT2D eigenvalue weighted by atomic mass is 32.2. The third-order valence-corrected chi connectivity index (χ3v) is 2.08. The summed E-state index contributed by atoms with van der Waals surface area (Å²) in [6, 6.07) is 6.99. The zero-order valence-electron chi connectivity index (χ0n) is 8.15. The molecule has 0 radical (unpaired) electrons. The van der Waals surface area contributed by atoms with Gasteiger partial charge in [-0.2, -0.15) is 0 Å². The number of rotatable bonds is 4. The van der Waals surface area contributed by atoms with Crippen LogP contribution in [0.2, 0.25) is 0 Å². The zero-order chi connectivity index (χ0) is 10.4. The quantitative estimate of drug-likeness (QED) is 0.718. The van der Waals surface area contributed by atoms with Gasteiger partial charge in [-0.1, -0.05) is 19.1 Å². The van der Waals surface area contributed by atoms with Crippen molar-refractivity contribution in [2.24, 2.45) is 0 Å². The molecule has 1 aromatic carbocycles. The van der Waals surface area contributed by atoms with Gasteiger partial charge in [0.05, 0.1) is 19.2 Å². The van der Waals surface area contributed by atoms with Gasteiger partial charge in [0.25, 0.3) is 0 Å². The van der Waals surface area contributed by atoms with Gasteiger partial charge in [0.2, 0.25) is 0 Å². The fourth-order valence-corrected chi connectivity index (χ4v) is 1.29. The molecule has 0 spiro atoms. The average molecular weight is 212 g/mol. The lowest BCUT2D eigenvalue weighted by Gasteiger charge is -2.06. The highest BCUT2D eigenvalue weighted by Crippen LogP contribution is 2.20. The normalized spacial score (nSPS) is 9.57. The molecule has 0 amide bonds. The molecule has 0 N–H and O–H groups in total. The fourth-order valence-electron chi connectivity index (χ4n) is 0.971. The van der Waals surface area contributed by atoms with Crippen LogP contribution in [0.5, 0.6) is 5.75 Å². The van der Waals surface area contributed by atoms with Crippen LogP contribution in [0.15, 0.2) is 24.3 Å². The lowest BCUT2D eigenvalue weighted by Crippen LogP contribution is -2.02. The molecule has 0 saturated carbocycles. The molecule has 14 heavy (non-hydrogen) atoms. The van der Waals surface area contributed by atoms with E-state index in [1.807, 2.05) is 13.0 Å². The van der Waals surface area contributed by atoms with Gasteiger partial charge in [-0.15, -0.1) is 0 Å². The Labute approximate surface area is 87.6 Å². The Morgan fingerprint density at radius 3 is 2.79 bits per heavy atom. The number of benzene rings is 1. The molecule has 0 aliphatic carbocycles. The second-order valence-corrected chi connectivity index (χ2v) is 3.46. The summed E-state index contributed by atoms with van der Waals surface area (Å²) in [4.78, 5) is 11.5. The van der Waals surface area contributed by atoms with Crippen molar-refractivity contribution in [3.63, 3.8) is 0 Å². The van der Waals surface area contributed by atoms with E-state index in [1.54, 1.807) is 18.2 Å². The van der Waals surface area contributed by atoms with Gasteiger partial charge in [0.15, 0.2) is 0 Å². The molecular formula is C10H12O3S. The van der Waals surface area contributed by atoms with E-state index in [4.69, 9.17) is 8.92 Å². The van der Waals surface area contributed by atoms with Crippen LogP contribution in [-0.2, 0) is 4.18 Å². The largest absolute Gasteiger partial charge is 0.496 e. The third kappa shape index (κ3) is 2.67. The molecule has 0 heterocycles. The van der Waals surface area contributed by atoms with Crippen molar-refractivity contribution < 1.29 is 13.7 Å². The smallest absolute Gasteiger partial charge is 0.353 e. The number of carbonyl (C=O) groups is 1. The predicted octanol–water partition coefficient (Wildman–Crippen LogP) is 2.52. The van der Waals surface area contributed by atoms with E-state index in [2.05, 4.69) is 0 Å². The van der Waals surface area contributed by atoms with Crippen LogP contribution in [0, 0.1) is 0 Å². The summed E-state index contributed by atoms with van der Waals surface area (Å²) < 4.78 is 9.95. The summed E-state index contributed by atoms with van der Waals surface area (Å²) in [6.45, 7) is 1.92. The molecule has 0 fully saturated rings. The van der Waals surface area contributed by atoms with Crippen LogP contribution in [0.25, 0.3) is 0 Å². The SMILES string of the molecule is CCSOC(=O)c1ccccc1OC. The van der Waals surface area contributed by atoms with Crippen molar-refractivity contribution >= 4 is 18.0 Å². The van der Waals surface area contributed by atoms with Crippen LogP contribution in [-0.4, -0.2) is 18.8 Å². The minimum Gasteiger partial charge on any atom is -0.496 e. The standard InChI is InChI=1S/C10H12O3S/c1-3-14-13-10(11)8-6-4-5-7-9(8)12-2/h4-7H,3H2,1-2H3. The highest BCUT2D eigenvalue weighted by Gasteiger charge is 2.12. The monoisotopic (exact) mass is 212 g/mol. The maximum absolute atomic E-state index is 11.5. The second-order valence-electron chi connectivity index (χ2n) is 2.48. The minimum absolute atomic E-state index is 0.366. The Hall–Kier alpha value is -1.16. The molecule has 0 unspecified atom stereocenters. The van der Waals surface area contributed by atoms with E-state index < -0.39 is 0 Å². The van der Waals surface area contributed by atoms with Crippen molar-refractivity contribution in [3.8, 4) is 5.75 Å². The van der Waals surface area contributed by atoms with E-state index in [0.29, 0.717) is 11.3 Å². The van der Waals surface area contributed by atoms with Crippen LogP contribution in [0.3, 0.4) is 0 Å². The van der Waals surface area contributed by atoms with Crippen molar-refractivity contribution in [2.75, 3.05) is 12.9 Å². The van der Waals surface area contributed by atoms with Crippen molar-refractivity contribution in [1.29, 1.82) is 0 Å². The van der Waals surface area contributed by atoms with E-state index in [1.165, 1.54) is 7.11 Å². The lowest BCUT2D eigenvalue weighted by atomic mass is 10.2. The molecule has 1 aromatic rings. The van der Waals surface area contributed by atoms with Gasteiger partial charge in [-0.25, -0.2) is 4.79 Å². The van der Waals surface area contributed by atoms with Gasteiger partial charge in [0.1, 0.15) is 11.3 Å². The maximum Gasteiger partial charge on any atom is 0.353 e. The van der Waals surface area contributed by atoms with Crippen LogP contribution < -0.4 is 4.74 Å². The van der Waals surface area contributed by atoms with E-state index in [-0.39, 0.29) is 5.97 Å². The number of ether oxygens (including phenoxy) is 1. The highest BCUT2D eigenvalue weighted by molar-refractivity contribution is 7.95. The molecular weight excluding hydrogens is 200 g/mol. The van der Waals surface area contributed by atoms with Gasteiger partial charge in [-0.3, -0.25) is 0 Å². The fraction of sp³-hybridized carbons (Fsp3) is 0.300. The molecule has 0 aliphatic rings. The summed E-state index contributed by atoms with van der Waals surface area (Å²) >= 11 is 1.13. The number of hydrogen-bond acceptors (Lipinski definition) is 4. The first-order valence-corrected chi connectivity index (χ1v) is 5.17.